The fourth-order valence-corrected chi connectivity index (χ4v) is 1.69. The Kier molecular flexibility index (Phi) is 4.76. The van der Waals surface area contributed by atoms with Crippen molar-refractivity contribution in [1.82, 2.24) is 0 Å². The Bertz CT molecular complexity index is 505. The lowest BCUT2D eigenvalue weighted by molar-refractivity contribution is -0.138. The third kappa shape index (κ3) is 4.26. The Morgan fingerprint density at radius 2 is 1.90 bits per heavy atom. The molecule has 0 fully saturated rings. The van der Waals surface area contributed by atoms with Gasteiger partial charge in [0, 0.05) is 5.69 Å². The lowest BCUT2D eigenvalue weighted by Gasteiger charge is -2.30. The molecule has 1 aromatic rings. The molecule has 0 saturated heterocycles. The fraction of sp³-hybridized carbons (Fsp3) is 0.467. The number of ether oxygens (including phenoxy) is 1. The molecule has 1 atom stereocenters. The zero-order valence-electron chi connectivity index (χ0n) is 12.5. The van der Waals surface area contributed by atoms with Crippen molar-refractivity contribution in [2.45, 2.75) is 46.3 Å². The third-order valence-electron chi connectivity index (χ3n) is 2.61. The third-order valence-corrected chi connectivity index (χ3v) is 2.61. The number of benzene rings is 1. The molecule has 0 aliphatic carbocycles. The minimum Gasteiger partial charge on any atom is -0.480 e. The van der Waals surface area contributed by atoms with E-state index in [1.165, 1.54) is 6.92 Å². The van der Waals surface area contributed by atoms with Gasteiger partial charge in [-0.2, -0.15) is 0 Å². The molecule has 1 aromatic carbocycles. The van der Waals surface area contributed by atoms with Gasteiger partial charge in [-0.3, -0.25) is 4.90 Å². The topological polar surface area (TPSA) is 66.8 Å². The normalized spacial score (nSPS) is 12.7. The highest BCUT2D eigenvalue weighted by Gasteiger charge is 2.31. The Hall–Kier alpha value is -2.04. The summed E-state index contributed by atoms with van der Waals surface area (Å²) in [5, 5.41) is 9.18. The van der Waals surface area contributed by atoms with Gasteiger partial charge in [0.15, 0.2) is 0 Å². The second-order valence-electron chi connectivity index (χ2n) is 5.70. The fourth-order valence-electron chi connectivity index (χ4n) is 1.69. The van der Waals surface area contributed by atoms with Gasteiger partial charge in [-0.05, 0) is 52.3 Å². The maximum Gasteiger partial charge on any atom is 0.415 e. The summed E-state index contributed by atoms with van der Waals surface area (Å²) in [6.45, 7) is 8.55. The minimum atomic E-state index is -1.09. The molecule has 1 amide bonds. The average molecular weight is 279 g/mol. The molecule has 0 unspecified atom stereocenters. The predicted molar refractivity (Wildman–Crippen MR) is 77.0 cm³/mol. The molecule has 0 bridgehead atoms. The van der Waals surface area contributed by atoms with Crippen LogP contribution in [0.5, 0.6) is 0 Å². The number of amides is 1. The summed E-state index contributed by atoms with van der Waals surface area (Å²) in [6.07, 6.45) is -0.669. The van der Waals surface area contributed by atoms with Gasteiger partial charge >= 0.3 is 12.1 Å². The van der Waals surface area contributed by atoms with Crippen LogP contribution in [0.2, 0.25) is 0 Å². The molecule has 20 heavy (non-hydrogen) atoms. The van der Waals surface area contributed by atoms with Gasteiger partial charge in [-0.1, -0.05) is 12.1 Å². The van der Waals surface area contributed by atoms with E-state index in [1.807, 2.05) is 13.0 Å². The monoisotopic (exact) mass is 279 g/mol. The first-order chi connectivity index (χ1) is 9.11. The molecule has 0 aromatic heterocycles. The number of carboxylic acids is 1. The summed E-state index contributed by atoms with van der Waals surface area (Å²) in [5.41, 5.74) is 0.764. The zero-order chi connectivity index (χ0) is 15.5. The number of rotatable bonds is 3. The molecular weight excluding hydrogens is 258 g/mol. The van der Waals surface area contributed by atoms with Crippen LogP contribution in [0.25, 0.3) is 0 Å². The van der Waals surface area contributed by atoms with Gasteiger partial charge < -0.3 is 9.84 Å². The second kappa shape index (κ2) is 5.94. The van der Waals surface area contributed by atoms with Gasteiger partial charge in [0.1, 0.15) is 11.6 Å². The highest BCUT2D eigenvalue weighted by atomic mass is 16.6. The van der Waals surface area contributed by atoms with Crippen LogP contribution in [0.15, 0.2) is 24.3 Å². The van der Waals surface area contributed by atoms with Gasteiger partial charge in [-0.25, -0.2) is 9.59 Å². The second-order valence-corrected chi connectivity index (χ2v) is 5.70. The minimum absolute atomic E-state index is 0.508. The van der Waals surface area contributed by atoms with E-state index in [4.69, 9.17) is 4.74 Å². The van der Waals surface area contributed by atoms with E-state index in [1.54, 1.807) is 39.0 Å². The standard InChI is InChI=1S/C15H21NO4/c1-10-7-6-8-12(9-10)16(11(2)13(17)18)14(19)20-15(3,4)5/h6-9,11H,1-5H3,(H,17,18)/t11-/m0/s1. The number of aryl methyl sites for hydroxylation is 1. The number of aliphatic carboxylic acids is 1. The molecule has 0 spiro atoms. The molecule has 0 heterocycles. The molecule has 0 aliphatic heterocycles. The summed E-state index contributed by atoms with van der Waals surface area (Å²) in [4.78, 5) is 24.6. The quantitative estimate of drug-likeness (QED) is 0.922. The maximum atomic E-state index is 12.3. The average Bonchev–Trinajstić information content (AvgIpc) is 2.26. The first-order valence-electron chi connectivity index (χ1n) is 6.43. The summed E-state index contributed by atoms with van der Waals surface area (Å²) >= 11 is 0. The first kappa shape index (κ1) is 16.0. The Morgan fingerprint density at radius 3 is 2.35 bits per heavy atom. The van der Waals surface area contributed by atoms with Crippen LogP contribution in [0.3, 0.4) is 0 Å². The van der Waals surface area contributed by atoms with E-state index in [9.17, 15) is 14.7 Å². The smallest absolute Gasteiger partial charge is 0.415 e. The number of hydrogen-bond donors (Lipinski definition) is 1. The molecule has 1 rings (SSSR count). The van der Waals surface area contributed by atoms with Crippen molar-refractivity contribution in [3.05, 3.63) is 29.8 Å². The van der Waals surface area contributed by atoms with Gasteiger partial charge in [0.05, 0.1) is 0 Å². The van der Waals surface area contributed by atoms with Crippen molar-refractivity contribution in [2.24, 2.45) is 0 Å². The van der Waals surface area contributed by atoms with E-state index in [0.717, 1.165) is 10.5 Å². The summed E-state index contributed by atoms with van der Waals surface area (Å²) in [7, 11) is 0. The van der Waals surface area contributed by atoms with Crippen LogP contribution in [0.4, 0.5) is 10.5 Å². The van der Waals surface area contributed by atoms with Crippen molar-refractivity contribution in [1.29, 1.82) is 0 Å². The molecule has 0 radical (unpaired) electrons. The number of anilines is 1. The number of carbonyl (C=O) groups is 2. The molecule has 0 saturated carbocycles. The molecular formula is C15H21NO4. The van der Waals surface area contributed by atoms with E-state index < -0.39 is 23.7 Å². The van der Waals surface area contributed by atoms with E-state index in [-0.39, 0.29) is 0 Å². The van der Waals surface area contributed by atoms with Crippen LogP contribution in [-0.4, -0.2) is 28.8 Å². The van der Waals surface area contributed by atoms with E-state index >= 15 is 0 Å². The Balaban J connectivity index is 3.15. The van der Waals surface area contributed by atoms with Crippen LogP contribution in [0.1, 0.15) is 33.3 Å². The van der Waals surface area contributed by atoms with Crippen molar-refractivity contribution in [3.63, 3.8) is 0 Å². The lowest BCUT2D eigenvalue weighted by Crippen LogP contribution is -2.46. The van der Waals surface area contributed by atoms with Crippen molar-refractivity contribution >= 4 is 17.7 Å². The Morgan fingerprint density at radius 1 is 1.30 bits per heavy atom. The lowest BCUT2D eigenvalue weighted by atomic mass is 10.1. The van der Waals surface area contributed by atoms with Crippen molar-refractivity contribution < 1.29 is 19.4 Å². The number of hydrogen-bond acceptors (Lipinski definition) is 3. The van der Waals surface area contributed by atoms with Gasteiger partial charge in [0.25, 0.3) is 0 Å². The molecule has 1 N–H and O–H groups in total. The summed E-state index contributed by atoms with van der Waals surface area (Å²) < 4.78 is 5.29. The van der Waals surface area contributed by atoms with Crippen molar-refractivity contribution in [2.75, 3.05) is 4.90 Å². The van der Waals surface area contributed by atoms with Crippen LogP contribution in [-0.2, 0) is 9.53 Å². The van der Waals surface area contributed by atoms with Gasteiger partial charge in [0.2, 0.25) is 0 Å². The summed E-state index contributed by atoms with van der Waals surface area (Å²) in [5.74, 6) is -1.09. The van der Waals surface area contributed by atoms with Crippen LogP contribution >= 0.6 is 0 Å². The SMILES string of the molecule is Cc1cccc(N(C(=O)OC(C)(C)C)[C@@H](C)C(=O)O)c1. The highest BCUT2D eigenvalue weighted by Crippen LogP contribution is 2.22. The molecule has 5 heteroatoms. The molecule has 5 nitrogen and oxygen atoms in total. The number of carboxylic acid groups (broad SMARTS) is 1. The number of carbonyl (C=O) groups excluding carboxylic acids is 1. The highest BCUT2D eigenvalue weighted by molar-refractivity contribution is 5.95. The molecule has 0 aliphatic rings. The Labute approximate surface area is 119 Å². The largest absolute Gasteiger partial charge is 0.480 e. The van der Waals surface area contributed by atoms with Crippen LogP contribution < -0.4 is 4.90 Å². The van der Waals surface area contributed by atoms with Crippen LogP contribution in [0, 0.1) is 6.92 Å². The predicted octanol–water partition coefficient (Wildman–Crippen LogP) is 3.21. The maximum absolute atomic E-state index is 12.3. The van der Waals surface area contributed by atoms with E-state index in [0.29, 0.717) is 5.69 Å². The van der Waals surface area contributed by atoms with E-state index in [2.05, 4.69) is 0 Å². The summed E-state index contributed by atoms with van der Waals surface area (Å²) in [6, 6.07) is 6.09. The number of nitrogens with zero attached hydrogens (tertiary/aromatic N) is 1. The zero-order valence-corrected chi connectivity index (χ0v) is 12.5. The van der Waals surface area contributed by atoms with Crippen molar-refractivity contribution in [3.8, 4) is 0 Å². The first-order valence-corrected chi connectivity index (χ1v) is 6.43. The molecule has 110 valence electrons. The van der Waals surface area contributed by atoms with Gasteiger partial charge in [-0.15, -0.1) is 0 Å².